The Labute approximate surface area is 104 Å². The molecule has 0 amide bonds. The number of piperidine rings is 2. The lowest BCUT2D eigenvalue weighted by molar-refractivity contribution is -0.147. The third-order valence-electron chi connectivity index (χ3n) is 4.56. The van der Waals surface area contributed by atoms with Crippen molar-refractivity contribution >= 4 is 5.97 Å². The largest absolute Gasteiger partial charge is 0.481 e. The van der Waals surface area contributed by atoms with Crippen LogP contribution < -0.4 is 0 Å². The van der Waals surface area contributed by atoms with E-state index in [2.05, 4.69) is 16.8 Å². The minimum atomic E-state index is -0.597. The highest BCUT2D eigenvalue weighted by Crippen LogP contribution is 2.35. The van der Waals surface area contributed by atoms with Crippen LogP contribution in [-0.2, 0) is 4.79 Å². The lowest BCUT2D eigenvalue weighted by Crippen LogP contribution is -2.46. The highest BCUT2D eigenvalue weighted by Gasteiger charge is 2.38. The lowest BCUT2D eigenvalue weighted by atomic mass is 9.73. The van der Waals surface area contributed by atoms with E-state index in [0.29, 0.717) is 11.8 Å². The zero-order valence-electron chi connectivity index (χ0n) is 10.9. The van der Waals surface area contributed by atoms with Crippen molar-refractivity contribution < 1.29 is 9.90 Å². The summed E-state index contributed by atoms with van der Waals surface area (Å²) in [6.45, 7) is 4.04. The second-order valence-corrected chi connectivity index (χ2v) is 5.80. The summed E-state index contributed by atoms with van der Waals surface area (Å²) in [5, 5.41) is 9.37. The van der Waals surface area contributed by atoms with Gasteiger partial charge in [0.05, 0.1) is 5.92 Å². The summed E-state index contributed by atoms with van der Waals surface area (Å²) < 4.78 is 0. The number of rotatable bonds is 2. The molecular formula is C13H24N2O2. The van der Waals surface area contributed by atoms with Crippen molar-refractivity contribution in [3.63, 3.8) is 0 Å². The van der Waals surface area contributed by atoms with Crippen LogP contribution in [0, 0.1) is 17.8 Å². The average molecular weight is 240 g/mol. The van der Waals surface area contributed by atoms with Gasteiger partial charge in [-0.25, -0.2) is 0 Å². The van der Waals surface area contributed by atoms with E-state index in [9.17, 15) is 9.90 Å². The van der Waals surface area contributed by atoms with Crippen molar-refractivity contribution in [2.24, 2.45) is 17.8 Å². The van der Waals surface area contributed by atoms with E-state index in [1.165, 1.54) is 12.8 Å². The van der Waals surface area contributed by atoms with E-state index in [1.807, 2.05) is 7.05 Å². The molecule has 2 fully saturated rings. The van der Waals surface area contributed by atoms with Crippen LogP contribution >= 0.6 is 0 Å². The minimum absolute atomic E-state index is 0.151. The molecule has 1 N–H and O–H groups in total. The Morgan fingerprint density at radius 3 is 2.24 bits per heavy atom. The van der Waals surface area contributed by atoms with Crippen LogP contribution in [0.1, 0.15) is 19.3 Å². The Balaban J connectivity index is 2.00. The first-order valence-electron chi connectivity index (χ1n) is 6.68. The Bertz CT molecular complexity index is 275. The molecule has 0 aromatic rings. The van der Waals surface area contributed by atoms with Crippen LogP contribution in [0.4, 0.5) is 0 Å². The van der Waals surface area contributed by atoms with Gasteiger partial charge < -0.3 is 14.9 Å². The number of carbonyl (C=O) groups is 1. The molecule has 98 valence electrons. The molecule has 2 atom stereocenters. The maximum Gasteiger partial charge on any atom is 0.308 e. The Morgan fingerprint density at radius 1 is 1.06 bits per heavy atom. The SMILES string of the molecule is CN1CCC(C2CCN(C)CC2C(=O)O)CC1. The van der Waals surface area contributed by atoms with Crippen LogP contribution in [0.3, 0.4) is 0 Å². The molecule has 2 saturated heterocycles. The minimum Gasteiger partial charge on any atom is -0.481 e. The molecular weight excluding hydrogens is 216 g/mol. The first kappa shape index (κ1) is 12.8. The molecule has 0 bridgehead atoms. The molecule has 0 radical (unpaired) electrons. The van der Waals surface area contributed by atoms with Crippen molar-refractivity contribution in [3.05, 3.63) is 0 Å². The zero-order valence-corrected chi connectivity index (χ0v) is 10.9. The van der Waals surface area contributed by atoms with Gasteiger partial charge in [-0.3, -0.25) is 4.79 Å². The van der Waals surface area contributed by atoms with E-state index < -0.39 is 5.97 Å². The standard InChI is InChI=1S/C13H24N2O2/c1-14-6-3-10(4-7-14)11-5-8-15(2)9-12(11)13(16)17/h10-12H,3-9H2,1-2H3,(H,16,17). The highest BCUT2D eigenvalue weighted by molar-refractivity contribution is 5.70. The Kier molecular flexibility index (Phi) is 4.05. The fourth-order valence-corrected chi connectivity index (χ4v) is 3.42. The molecule has 17 heavy (non-hydrogen) atoms. The Morgan fingerprint density at radius 2 is 1.65 bits per heavy atom. The third kappa shape index (κ3) is 2.99. The molecule has 2 heterocycles. The summed E-state index contributed by atoms with van der Waals surface area (Å²) in [5.41, 5.74) is 0. The van der Waals surface area contributed by atoms with Crippen LogP contribution in [0.15, 0.2) is 0 Å². The molecule has 0 spiro atoms. The first-order chi connectivity index (χ1) is 8.08. The second-order valence-electron chi connectivity index (χ2n) is 5.80. The Hall–Kier alpha value is -0.610. The summed E-state index contributed by atoms with van der Waals surface area (Å²) in [6.07, 6.45) is 3.41. The van der Waals surface area contributed by atoms with Crippen LogP contribution in [0.25, 0.3) is 0 Å². The third-order valence-corrected chi connectivity index (χ3v) is 4.56. The molecule has 0 aliphatic carbocycles. The van der Waals surface area contributed by atoms with Crippen LogP contribution in [-0.4, -0.2) is 61.2 Å². The van der Waals surface area contributed by atoms with Crippen LogP contribution in [0.2, 0.25) is 0 Å². The van der Waals surface area contributed by atoms with Gasteiger partial charge >= 0.3 is 5.97 Å². The van der Waals surface area contributed by atoms with Crippen molar-refractivity contribution in [2.75, 3.05) is 40.3 Å². The summed E-state index contributed by atoms with van der Waals surface area (Å²) in [6, 6.07) is 0. The topological polar surface area (TPSA) is 43.8 Å². The molecule has 2 unspecified atom stereocenters. The predicted molar refractivity (Wildman–Crippen MR) is 67.0 cm³/mol. The van der Waals surface area contributed by atoms with Gasteiger partial charge in [0.25, 0.3) is 0 Å². The van der Waals surface area contributed by atoms with Crippen LogP contribution in [0.5, 0.6) is 0 Å². The summed E-state index contributed by atoms with van der Waals surface area (Å²) in [4.78, 5) is 15.9. The number of aliphatic carboxylic acids is 1. The van der Waals surface area contributed by atoms with Gasteiger partial charge in [-0.05, 0) is 64.8 Å². The van der Waals surface area contributed by atoms with Gasteiger partial charge in [0.1, 0.15) is 0 Å². The highest BCUT2D eigenvalue weighted by atomic mass is 16.4. The van der Waals surface area contributed by atoms with Gasteiger partial charge in [0, 0.05) is 6.54 Å². The predicted octanol–water partition coefficient (Wildman–Crippen LogP) is 0.981. The maximum atomic E-state index is 11.4. The fraction of sp³-hybridized carbons (Fsp3) is 0.923. The van der Waals surface area contributed by atoms with Crippen molar-refractivity contribution in [1.82, 2.24) is 9.80 Å². The van der Waals surface area contributed by atoms with Crippen molar-refractivity contribution in [3.8, 4) is 0 Å². The smallest absolute Gasteiger partial charge is 0.308 e. The monoisotopic (exact) mass is 240 g/mol. The zero-order chi connectivity index (χ0) is 12.4. The lowest BCUT2D eigenvalue weighted by Gasteiger charge is -2.41. The van der Waals surface area contributed by atoms with E-state index in [1.54, 1.807) is 0 Å². The van der Waals surface area contributed by atoms with E-state index >= 15 is 0 Å². The molecule has 2 aliphatic rings. The molecule has 2 rings (SSSR count). The summed E-state index contributed by atoms with van der Waals surface area (Å²) in [7, 11) is 4.18. The molecule has 0 aromatic heterocycles. The number of likely N-dealkylation sites (tertiary alicyclic amines) is 2. The molecule has 2 aliphatic heterocycles. The van der Waals surface area contributed by atoms with E-state index in [-0.39, 0.29) is 5.92 Å². The van der Waals surface area contributed by atoms with Gasteiger partial charge in [0.15, 0.2) is 0 Å². The van der Waals surface area contributed by atoms with Crippen molar-refractivity contribution in [2.45, 2.75) is 19.3 Å². The van der Waals surface area contributed by atoms with E-state index in [0.717, 1.165) is 32.6 Å². The maximum absolute atomic E-state index is 11.4. The quantitative estimate of drug-likeness (QED) is 0.781. The van der Waals surface area contributed by atoms with Gasteiger partial charge in [-0.2, -0.15) is 0 Å². The summed E-state index contributed by atoms with van der Waals surface area (Å²) >= 11 is 0. The van der Waals surface area contributed by atoms with Gasteiger partial charge in [-0.1, -0.05) is 0 Å². The number of carboxylic acids is 1. The van der Waals surface area contributed by atoms with Gasteiger partial charge in [-0.15, -0.1) is 0 Å². The summed E-state index contributed by atoms with van der Waals surface area (Å²) in [5.74, 6) is 0.279. The molecule has 0 saturated carbocycles. The molecule has 4 heteroatoms. The number of carboxylic acid groups (broad SMARTS) is 1. The fourth-order valence-electron chi connectivity index (χ4n) is 3.42. The average Bonchev–Trinajstić information content (AvgIpc) is 2.30. The number of hydrogen-bond donors (Lipinski definition) is 1. The second kappa shape index (κ2) is 5.36. The van der Waals surface area contributed by atoms with E-state index in [4.69, 9.17) is 0 Å². The van der Waals surface area contributed by atoms with Gasteiger partial charge in [0.2, 0.25) is 0 Å². The number of nitrogens with zero attached hydrogens (tertiary/aromatic N) is 2. The normalized spacial score (nSPS) is 33.8. The van der Waals surface area contributed by atoms with Crippen molar-refractivity contribution in [1.29, 1.82) is 0 Å². The molecule has 0 aromatic carbocycles. The first-order valence-corrected chi connectivity index (χ1v) is 6.68. The number of hydrogen-bond acceptors (Lipinski definition) is 3. The molecule has 4 nitrogen and oxygen atoms in total.